The van der Waals surface area contributed by atoms with Gasteiger partial charge in [-0.05, 0) is 6.42 Å². The SMILES string of the molecule is CCC(C)Sc1nc(N)ncc1Cl. The van der Waals surface area contributed by atoms with Crippen LogP contribution in [0.4, 0.5) is 5.95 Å². The molecule has 0 saturated carbocycles. The molecule has 1 rings (SSSR count). The van der Waals surface area contributed by atoms with E-state index in [2.05, 4.69) is 23.8 Å². The van der Waals surface area contributed by atoms with E-state index in [-0.39, 0.29) is 5.95 Å². The summed E-state index contributed by atoms with van der Waals surface area (Å²) in [7, 11) is 0. The fourth-order valence-corrected chi connectivity index (χ4v) is 1.80. The van der Waals surface area contributed by atoms with Crippen LogP contribution in [0.15, 0.2) is 11.2 Å². The molecule has 3 nitrogen and oxygen atoms in total. The zero-order chi connectivity index (χ0) is 9.84. The van der Waals surface area contributed by atoms with E-state index in [0.29, 0.717) is 10.3 Å². The summed E-state index contributed by atoms with van der Waals surface area (Å²) >= 11 is 7.52. The lowest BCUT2D eigenvalue weighted by Gasteiger charge is -2.08. The van der Waals surface area contributed by atoms with Crippen molar-refractivity contribution in [2.45, 2.75) is 30.5 Å². The minimum Gasteiger partial charge on any atom is -0.368 e. The van der Waals surface area contributed by atoms with Crippen molar-refractivity contribution in [1.82, 2.24) is 9.97 Å². The Bertz CT molecular complexity index is 293. The molecule has 0 aliphatic carbocycles. The Balaban J connectivity index is 2.81. The van der Waals surface area contributed by atoms with Gasteiger partial charge in [-0.3, -0.25) is 0 Å². The highest BCUT2D eigenvalue weighted by Crippen LogP contribution is 2.29. The number of thioether (sulfide) groups is 1. The molecule has 1 aromatic rings. The number of nitrogens with zero attached hydrogens (tertiary/aromatic N) is 2. The van der Waals surface area contributed by atoms with Gasteiger partial charge in [0.1, 0.15) is 5.03 Å². The number of nitrogen functional groups attached to an aromatic ring is 1. The van der Waals surface area contributed by atoms with Crippen LogP contribution in [-0.2, 0) is 0 Å². The summed E-state index contributed by atoms with van der Waals surface area (Å²) in [6, 6.07) is 0. The second kappa shape index (κ2) is 4.67. The number of hydrogen-bond acceptors (Lipinski definition) is 4. The first-order valence-electron chi connectivity index (χ1n) is 4.08. The predicted molar refractivity (Wildman–Crippen MR) is 57.1 cm³/mol. The second-order valence-corrected chi connectivity index (χ2v) is 4.55. The van der Waals surface area contributed by atoms with Gasteiger partial charge < -0.3 is 5.73 Å². The molecule has 0 aromatic carbocycles. The summed E-state index contributed by atoms with van der Waals surface area (Å²) in [5, 5.41) is 1.83. The van der Waals surface area contributed by atoms with Crippen LogP contribution in [-0.4, -0.2) is 15.2 Å². The molecule has 0 aliphatic heterocycles. The summed E-state index contributed by atoms with van der Waals surface area (Å²) < 4.78 is 0. The molecular weight excluding hydrogens is 206 g/mol. The summed E-state index contributed by atoms with van der Waals surface area (Å²) in [5.74, 6) is 0.273. The van der Waals surface area contributed by atoms with Crippen molar-refractivity contribution in [3.63, 3.8) is 0 Å². The van der Waals surface area contributed by atoms with Crippen molar-refractivity contribution in [3.8, 4) is 0 Å². The monoisotopic (exact) mass is 217 g/mol. The third-order valence-electron chi connectivity index (χ3n) is 1.62. The van der Waals surface area contributed by atoms with Crippen molar-refractivity contribution in [2.24, 2.45) is 0 Å². The Morgan fingerprint density at radius 1 is 1.69 bits per heavy atom. The lowest BCUT2D eigenvalue weighted by molar-refractivity contribution is 0.900. The zero-order valence-corrected chi connectivity index (χ0v) is 9.19. The van der Waals surface area contributed by atoms with Gasteiger partial charge in [0, 0.05) is 5.25 Å². The van der Waals surface area contributed by atoms with Gasteiger partial charge in [-0.2, -0.15) is 0 Å². The van der Waals surface area contributed by atoms with E-state index in [1.165, 1.54) is 6.20 Å². The van der Waals surface area contributed by atoms with E-state index >= 15 is 0 Å². The van der Waals surface area contributed by atoms with E-state index in [1.54, 1.807) is 11.8 Å². The fraction of sp³-hybridized carbons (Fsp3) is 0.500. The number of nitrogens with two attached hydrogens (primary N) is 1. The molecule has 1 heterocycles. The van der Waals surface area contributed by atoms with Gasteiger partial charge >= 0.3 is 0 Å². The van der Waals surface area contributed by atoms with Gasteiger partial charge in [0.05, 0.1) is 11.2 Å². The maximum absolute atomic E-state index is 5.90. The number of anilines is 1. The topological polar surface area (TPSA) is 51.8 Å². The molecule has 0 fully saturated rings. The summed E-state index contributed by atoms with van der Waals surface area (Å²) in [4.78, 5) is 7.85. The summed E-state index contributed by atoms with van der Waals surface area (Å²) in [5.41, 5.74) is 5.45. The fourth-order valence-electron chi connectivity index (χ4n) is 0.721. The van der Waals surface area contributed by atoms with E-state index in [4.69, 9.17) is 17.3 Å². The highest BCUT2D eigenvalue weighted by Gasteiger charge is 2.08. The average molecular weight is 218 g/mol. The maximum atomic E-state index is 5.90. The first kappa shape index (κ1) is 10.6. The van der Waals surface area contributed by atoms with Crippen molar-refractivity contribution < 1.29 is 0 Å². The van der Waals surface area contributed by atoms with Crippen LogP contribution in [0.25, 0.3) is 0 Å². The van der Waals surface area contributed by atoms with Crippen molar-refractivity contribution in [2.75, 3.05) is 5.73 Å². The Kier molecular flexibility index (Phi) is 3.81. The molecule has 1 unspecified atom stereocenters. The highest BCUT2D eigenvalue weighted by molar-refractivity contribution is 7.99. The number of halogens is 1. The molecule has 1 aromatic heterocycles. The lowest BCUT2D eigenvalue weighted by Crippen LogP contribution is -1.99. The molecule has 72 valence electrons. The maximum Gasteiger partial charge on any atom is 0.221 e. The lowest BCUT2D eigenvalue weighted by atomic mass is 10.4. The summed E-state index contributed by atoms with van der Waals surface area (Å²) in [6.45, 7) is 4.25. The normalized spacial score (nSPS) is 12.8. The van der Waals surface area contributed by atoms with Crippen LogP contribution in [0, 0.1) is 0 Å². The molecule has 13 heavy (non-hydrogen) atoms. The molecule has 0 radical (unpaired) electrons. The number of rotatable bonds is 3. The third-order valence-corrected chi connectivity index (χ3v) is 3.28. The molecule has 0 aliphatic rings. The highest BCUT2D eigenvalue weighted by atomic mass is 35.5. The summed E-state index contributed by atoms with van der Waals surface area (Å²) in [6.07, 6.45) is 2.61. The number of aromatic nitrogens is 2. The Morgan fingerprint density at radius 3 is 3.00 bits per heavy atom. The predicted octanol–water partition coefficient (Wildman–Crippen LogP) is 2.60. The first-order valence-corrected chi connectivity index (χ1v) is 5.34. The molecular formula is C8H12ClN3S. The van der Waals surface area contributed by atoms with Crippen LogP contribution in [0.3, 0.4) is 0 Å². The molecule has 0 saturated heterocycles. The zero-order valence-electron chi connectivity index (χ0n) is 7.62. The smallest absolute Gasteiger partial charge is 0.221 e. The van der Waals surface area contributed by atoms with Crippen LogP contribution in [0.1, 0.15) is 20.3 Å². The first-order chi connectivity index (χ1) is 6.13. The van der Waals surface area contributed by atoms with Gasteiger partial charge in [0.15, 0.2) is 0 Å². The minimum absolute atomic E-state index is 0.273. The van der Waals surface area contributed by atoms with E-state index < -0.39 is 0 Å². The van der Waals surface area contributed by atoms with E-state index in [1.807, 2.05) is 0 Å². The Morgan fingerprint density at radius 2 is 2.38 bits per heavy atom. The van der Waals surface area contributed by atoms with Crippen molar-refractivity contribution in [1.29, 1.82) is 0 Å². The van der Waals surface area contributed by atoms with Crippen molar-refractivity contribution in [3.05, 3.63) is 11.2 Å². The molecule has 0 amide bonds. The van der Waals surface area contributed by atoms with Crippen LogP contribution >= 0.6 is 23.4 Å². The molecule has 0 spiro atoms. The van der Waals surface area contributed by atoms with Gasteiger partial charge in [0.25, 0.3) is 0 Å². The van der Waals surface area contributed by atoms with Crippen LogP contribution < -0.4 is 5.73 Å². The largest absolute Gasteiger partial charge is 0.368 e. The van der Waals surface area contributed by atoms with E-state index in [0.717, 1.165) is 11.4 Å². The molecule has 0 bridgehead atoms. The van der Waals surface area contributed by atoms with E-state index in [9.17, 15) is 0 Å². The minimum atomic E-state index is 0.273. The van der Waals surface area contributed by atoms with Crippen molar-refractivity contribution >= 4 is 29.3 Å². The second-order valence-electron chi connectivity index (χ2n) is 2.72. The van der Waals surface area contributed by atoms with Gasteiger partial charge in [-0.1, -0.05) is 25.4 Å². The third kappa shape index (κ3) is 3.04. The average Bonchev–Trinajstić information content (AvgIpc) is 2.11. The molecule has 5 heteroatoms. The Labute approximate surface area is 87.1 Å². The van der Waals surface area contributed by atoms with Gasteiger partial charge in [0.2, 0.25) is 5.95 Å². The molecule has 1 atom stereocenters. The quantitative estimate of drug-likeness (QED) is 0.625. The molecule has 2 N–H and O–H groups in total. The van der Waals surface area contributed by atoms with Crippen LogP contribution in [0.5, 0.6) is 0 Å². The number of hydrogen-bond donors (Lipinski definition) is 1. The van der Waals surface area contributed by atoms with Gasteiger partial charge in [-0.25, -0.2) is 9.97 Å². The standard InChI is InChI=1S/C8H12ClN3S/c1-3-5(2)13-7-6(9)4-11-8(10)12-7/h4-5H,3H2,1-2H3,(H2,10,11,12). The van der Waals surface area contributed by atoms with Gasteiger partial charge in [-0.15, -0.1) is 11.8 Å². The Hall–Kier alpha value is -0.480. The van der Waals surface area contributed by atoms with Crippen LogP contribution in [0.2, 0.25) is 5.02 Å².